The second-order valence-corrected chi connectivity index (χ2v) is 7.42. The Morgan fingerprint density at radius 1 is 0.960 bits per heavy atom. The summed E-state index contributed by atoms with van der Waals surface area (Å²) in [6.45, 7) is 8.15. The summed E-state index contributed by atoms with van der Waals surface area (Å²) >= 11 is 0. The summed E-state index contributed by atoms with van der Waals surface area (Å²) in [6, 6.07) is -2.54. The molecule has 146 valence electrons. The van der Waals surface area contributed by atoms with Crippen molar-refractivity contribution in [3.8, 4) is 0 Å². The highest BCUT2D eigenvalue weighted by molar-refractivity contribution is 6.04. The average Bonchev–Trinajstić information content (AvgIpc) is 2.48. The van der Waals surface area contributed by atoms with Gasteiger partial charge in [-0.1, -0.05) is 27.7 Å². The number of hydrogen-bond donors (Lipinski definition) is 5. The Balaban J connectivity index is 5.64. The van der Waals surface area contributed by atoms with Crippen LogP contribution in [0.4, 0.5) is 0 Å². The largest absolute Gasteiger partial charge is 0.386 e. The molecular formula is C17H36N6O2. The molecular weight excluding hydrogens is 320 g/mol. The number of hydrogen-bond acceptors (Lipinski definition) is 6. The lowest BCUT2D eigenvalue weighted by molar-refractivity contribution is -0.148. The number of nitrogens with two attached hydrogens (primary N) is 4. The number of nitrogens with zero attached hydrogens (tertiary/aromatic N) is 1. The first kappa shape index (κ1) is 23.5. The Hall–Kier alpha value is -1.51. The Morgan fingerprint density at radius 3 is 1.64 bits per heavy atom. The first-order chi connectivity index (χ1) is 11.5. The fourth-order valence-electron chi connectivity index (χ4n) is 2.73. The van der Waals surface area contributed by atoms with Gasteiger partial charge < -0.3 is 22.9 Å². The molecule has 0 radical (unpaired) electrons. The van der Waals surface area contributed by atoms with Crippen molar-refractivity contribution in [2.75, 3.05) is 6.54 Å². The van der Waals surface area contributed by atoms with Crippen LogP contribution >= 0.6 is 0 Å². The standard InChI is InChI=1S/C17H36N6O2/c1-10(2)8-12(19)16(24)23(14(15(21)22)6-5-7-18)17(25)13(20)9-11(3)4/h10-14H,5-9,18-20H2,1-4H3,(H3,21,22)/t12-,13-,14?/m0/s1. The van der Waals surface area contributed by atoms with Crippen LogP contribution in [0.15, 0.2) is 0 Å². The van der Waals surface area contributed by atoms with Crippen LogP contribution in [0.5, 0.6) is 0 Å². The smallest absolute Gasteiger partial charge is 0.246 e. The minimum Gasteiger partial charge on any atom is -0.386 e. The van der Waals surface area contributed by atoms with Crippen LogP contribution in [0.1, 0.15) is 53.4 Å². The van der Waals surface area contributed by atoms with Gasteiger partial charge in [0, 0.05) is 0 Å². The van der Waals surface area contributed by atoms with Crippen molar-refractivity contribution in [2.24, 2.45) is 34.8 Å². The molecule has 9 N–H and O–H groups in total. The molecule has 0 aliphatic heterocycles. The molecule has 0 fully saturated rings. The van der Waals surface area contributed by atoms with Gasteiger partial charge in [-0.05, 0) is 44.1 Å². The van der Waals surface area contributed by atoms with E-state index in [4.69, 9.17) is 28.3 Å². The fraction of sp³-hybridized carbons (Fsp3) is 0.824. The summed E-state index contributed by atoms with van der Waals surface area (Å²) < 4.78 is 0. The third-order valence-corrected chi connectivity index (χ3v) is 3.91. The van der Waals surface area contributed by atoms with Crippen LogP contribution in [-0.4, -0.2) is 47.2 Å². The SMILES string of the molecule is CC(C)C[C@H](N)C(=O)N(C(=O)[C@@H](N)CC(C)C)C(CCCN)C(=N)N. The maximum Gasteiger partial charge on any atom is 0.246 e. The second-order valence-electron chi connectivity index (χ2n) is 7.42. The van der Waals surface area contributed by atoms with E-state index in [-0.39, 0.29) is 17.7 Å². The molecule has 8 nitrogen and oxygen atoms in total. The molecule has 0 aromatic carbocycles. The molecule has 1 unspecified atom stereocenters. The van der Waals surface area contributed by atoms with Gasteiger partial charge in [0.05, 0.1) is 18.1 Å². The predicted octanol–water partition coefficient (Wildman–Crippen LogP) is 0.132. The molecule has 0 aliphatic rings. The zero-order valence-electron chi connectivity index (χ0n) is 16.0. The van der Waals surface area contributed by atoms with Crippen molar-refractivity contribution in [1.29, 1.82) is 5.41 Å². The molecule has 0 heterocycles. The van der Waals surface area contributed by atoms with Crippen LogP contribution in [0.3, 0.4) is 0 Å². The number of rotatable bonds is 11. The van der Waals surface area contributed by atoms with E-state index >= 15 is 0 Å². The number of amides is 2. The zero-order chi connectivity index (χ0) is 19.7. The molecule has 0 rings (SSSR count). The molecule has 8 heteroatoms. The van der Waals surface area contributed by atoms with Gasteiger partial charge >= 0.3 is 0 Å². The van der Waals surface area contributed by atoms with Crippen molar-refractivity contribution >= 4 is 17.6 Å². The van der Waals surface area contributed by atoms with Gasteiger partial charge in [0.2, 0.25) is 11.8 Å². The van der Waals surface area contributed by atoms with Crippen LogP contribution < -0.4 is 22.9 Å². The van der Waals surface area contributed by atoms with Crippen molar-refractivity contribution in [1.82, 2.24) is 4.90 Å². The van der Waals surface area contributed by atoms with E-state index in [1.54, 1.807) is 0 Å². The van der Waals surface area contributed by atoms with Crippen molar-refractivity contribution in [3.05, 3.63) is 0 Å². The van der Waals surface area contributed by atoms with Crippen molar-refractivity contribution in [2.45, 2.75) is 71.5 Å². The topological polar surface area (TPSA) is 165 Å². The Morgan fingerprint density at radius 2 is 1.36 bits per heavy atom. The molecule has 0 spiro atoms. The molecule has 0 aromatic rings. The number of imide groups is 1. The van der Waals surface area contributed by atoms with Gasteiger partial charge in [-0.15, -0.1) is 0 Å². The van der Waals surface area contributed by atoms with Crippen molar-refractivity contribution in [3.63, 3.8) is 0 Å². The first-order valence-electron chi connectivity index (χ1n) is 8.94. The maximum absolute atomic E-state index is 12.9. The van der Waals surface area contributed by atoms with Gasteiger partial charge in [0.15, 0.2) is 0 Å². The van der Waals surface area contributed by atoms with E-state index in [2.05, 4.69) is 0 Å². The van der Waals surface area contributed by atoms with E-state index in [0.717, 1.165) is 4.90 Å². The number of carbonyl (C=O) groups is 2. The minimum atomic E-state index is -0.861. The summed E-state index contributed by atoms with van der Waals surface area (Å²) in [5.74, 6) is -0.936. The summed E-state index contributed by atoms with van der Waals surface area (Å²) in [4.78, 5) is 26.7. The highest BCUT2D eigenvalue weighted by atomic mass is 16.2. The maximum atomic E-state index is 12.9. The molecule has 0 saturated heterocycles. The normalized spacial score (nSPS) is 15.1. The lowest BCUT2D eigenvalue weighted by atomic mass is 9.98. The third kappa shape index (κ3) is 7.94. The Bertz CT molecular complexity index is 424. The summed E-state index contributed by atoms with van der Waals surface area (Å²) in [6.07, 6.45) is 1.72. The number of amidine groups is 1. The monoisotopic (exact) mass is 356 g/mol. The predicted molar refractivity (Wildman–Crippen MR) is 101 cm³/mol. The van der Waals surface area contributed by atoms with Crippen LogP contribution in [0.25, 0.3) is 0 Å². The first-order valence-corrected chi connectivity index (χ1v) is 8.94. The van der Waals surface area contributed by atoms with E-state index in [1.807, 2.05) is 27.7 Å². The summed E-state index contributed by atoms with van der Waals surface area (Å²) in [5.41, 5.74) is 23.2. The number of carbonyl (C=O) groups excluding carboxylic acids is 2. The van der Waals surface area contributed by atoms with E-state index < -0.39 is 29.9 Å². The van der Waals surface area contributed by atoms with E-state index in [1.165, 1.54) is 0 Å². The van der Waals surface area contributed by atoms with Gasteiger partial charge in [0.25, 0.3) is 0 Å². The molecule has 0 aliphatic carbocycles. The molecule has 0 aromatic heterocycles. The van der Waals surface area contributed by atoms with E-state index in [9.17, 15) is 9.59 Å². The lowest BCUT2D eigenvalue weighted by Crippen LogP contribution is -2.59. The lowest BCUT2D eigenvalue weighted by Gasteiger charge is -2.33. The highest BCUT2D eigenvalue weighted by Gasteiger charge is 2.36. The zero-order valence-corrected chi connectivity index (χ0v) is 16.0. The Kier molecular flexibility index (Phi) is 10.5. The van der Waals surface area contributed by atoms with Gasteiger partial charge in [-0.25, -0.2) is 0 Å². The van der Waals surface area contributed by atoms with Crippen molar-refractivity contribution < 1.29 is 9.59 Å². The van der Waals surface area contributed by atoms with Crippen LogP contribution in [0.2, 0.25) is 0 Å². The molecule has 3 atom stereocenters. The minimum absolute atomic E-state index is 0.194. The molecule has 0 bridgehead atoms. The average molecular weight is 357 g/mol. The molecule has 0 saturated carbocycles. The quantitative estimate of drug-likeness (QED) is 0.261. The van der Waals surface area contributed by atoms with E-state index in [0.29, 0.717) is 32.2 Å². The van der Waals surface area contributed by atoms with Crippen LogP contribution in [0, 0.1) is 17.2 Å². The third-order valence-electron chi connectivity index (χ3n) is 3.91. The number of nitrogens with one attached hydrogen (secondary N) is 1. The summed E-state index contributed by atoms with van der Waals surface area (Å²) in [5, 5.41) is 7.82. The Labute approximate surface area is 151 Å². The van der Waals surface area contributed by atoms with Gasteiger partial charge in [-0.2, -0.15) is 0 Å². The fourth-order valence-corrected chi connectivity index (χ4v) is 2.73. The van der Waals surface area contributed by atoms with Crippen LogP contribution in [-0.2, 0) is 9.59 Å². The molecule has 25 heavy (non-hydrogen) atoms. The van der Waals surface area contributed by atoms with Gasteiger partial charge in [0.1, 0.15) is 5.84 Å². The summed E-state index contributed by atoms with van der Waals surface area (Å²) in [7, 11) is 0. The highest BCUT2D eigenvalue weighted by Crippen LogP contribution is 2.16. The second kappa shape index (κ2) is 11.2. The van der Waals surface area contributed by atoms with Gasteiger partial charge in [-0.3, -0.25) is 19.9 Å². The molecule has 2 amide bonds.